The highest BCUT2D eigenvalue weighted by atomic mass is 16.6. The molecule has 1 aliphatic heterocycles. The fourth-order valence-electron chi connectivity index (χ4n) is 6.24. The molecular formula is C45H80O14. The average molecular weight is 845 g/mol. The molecule has 14 nitrogen and oxygen atoms in total. The summed E-state index contributed by atoms with van der Waals surface area (Å²) in [7, 11) is 0. The summed E-state index contributed by atoms with van der Waals surface area (Å²) in [4.78, 5) is 58.9. The average Bonchev–Trinajstić information content (AvgIpc) is 3.58. The quantitative estimate of drug-likeness (QED) is 0.0154. The maximum absolute atomic E-state index is 12.8. The van der Waals surface area contributed by atoms with E-state index < -0.39 is 17.9 Å². The Morgan fingerprint density at radius 1 is 0.644 bits per heavy atom. The number of esters is 5. The molecule has 14 heteroatoms. The molecule has 0 saturated carbocycles. The maximum Gasteiger partial charge on any atom is 0.317 e. The molecule has 1 heterocycles. The summed E-state index contributed by atoms with van der Waals surface area (Å²) < 4.78 is 19.6. The molecule has 0 bridgehead atoms. The molecule has 59 heavy (non-hydrogen) atoms. The zero-order valence-corrected chi connectivity index (χ0v) is 36.5. The van der Waals surface area contributed by atoms with Gasteiger partial charge in [0.25, 0.3) is 0 Å². The second-order valence-corrected chi connectivity index (χ2v) is 14.7. The van der Waals surface area contributed by atoms with E-state index in [0.29, 0.717) is 12.8 Å². The molecule has 1 saturated heterocycles. The number of aliphatic hydroxyl groups is 5. The molecule has 0 aromatic carbocycles. The highest BCUT2D eigenvalue weighted by molar-refractivity contribution is 5.94. The van der Waals surface area contributed by atoms with Crippen LogP contribution in [0.5, 0.6) is 0 Å². The van der Waals surface area contributed by atoms with Gasteiger partial charge in [-0.15, -0.1) is 0 Å². The Labute approximate surface area is 354 Å². The highest BCUT2D eigenvalue weighted by Gasteiger charge is 2.36. The number of carbonyl (C=O) groups is 5. The predicted molar refractivity (Wildman–Crippen MR) is 226 cm³/mol. The first-order valence-electron chi connectivity index (χ1n) is 22.2. The first-order valence-corrected chi connectivity index (χ1v) is 22.2. The Balaban J connectivity index is 0. The Hall–Kier alpha value is -3.17. The molecule has 0 amide bonds. The molecule has 0 aromatic rings. The summed E-state index contributed by atoms with van der Waals surface area (Å²) >= 11 is 0. The molecule has 4 atom stereocenters. The van der Waals surface area contributed by atoms with Crippen molar-refractivity contribution in [3.63, 3.8) is 0 Å². The largest absolute Gasteiger partial charge is 0.463 e. The summed E-state index contributed by atoms with van der Waals surface area (Å²) in [5.41, 5.74) is 0. The maximum atomic E-state index is 12.8. The second-order valence-electron chi connectivity index (χ2n) is 14.7. The van der Waals surface area contributed by atoms with Crippen LogP contribution in [0.25, 0.3) is 0 Å². The Bertz CT molecular complexity index is 1110. The van der Waals surface area contributed by atoms with Gasteiger partial charge >= 0.3 is 29.8 Å². The van der Waals surface area contributed by atoms with Crippen LogP contribution in [0.1, 0.15) is 156 Å². The molecule has 344 valence electrons. The number of unbranched alkanes of at least 4 members (excludes halogenated alkanes) is 14. The van der Waals surface area contributed by atoms with E-state index in [4.69, 9.17) is 39.7 Å². The first kappa shape index (κ1) is 57.9. The van der Waals surface area contributed by atoms with Gasteiger partial charge in [0.2, 0.25) is 0 Å². The minimum Gasteiger partial charge on any atom is -0.463 e. The fraction of sp³-hybridized carbons (Fsp3) is 0.800. The van der Waals surface area contributed by atoms with Crippen molar-refractivity contribution in [3.05, 3.63) is 24.3 Å². The van der Waals surface area contributed by atoms with Crippen LogP contribution in [0, 0.1) is 23.7 Å². The molecule has 1 rings (SSSR count). The summed E-state index contributed by atoms with van der Waals surface area (Å²) in [6.07, 6.45) is 27.9. The SMILES string of the molecule is CCCCCCC/C=C\C(C)C1CC(=O)OC1=O.CCCCCCC/C=C\C(CCCCCCCC(=O)OCCO)C(CC(=O)OCCO)C(=O)OCCO.OCCO. The topological polar surface area (TPSA) is 223 Å². The van der Waals surface area contributed by atoms with Gasteiger partial charge in [-0.25, -0.2) is 0 Å². The van der Waals surface area contributed by atoms with Gasteiger partial charge in [-0.3, -0.25) is 24.0 Å². The van der Waals surface area contributed by atoms with Crippen LogP contribution in [-0.2, 0) is 42.9 Å². The van der Waals surface area contributed by atoms with Crippen LogP contribution in [0.2, 0.25) is 0 Å². The van der Waals surface area contributed by atoms with E-state index in [1.54, 1.807) is 0 Å². The van der Waals surface area contributed by atoms with Crippen LogP contribution in [0.4, 0.5) is 0 Å². The number of cyclic esters (lactones) is 2. The molecule has 0 radical (unpaired) electrons. The number of ether oxygens (including phenoxy) is 4. The Morgan fingerprint density at radius 2 is 1.14 bits per heavy atom. The van der Waals surface area contributed by atoms with Crippen molar-refractivity contribution in [2.45, 2.75) is 156 Å². The Kier molecular flexibility index (Phi) is 42.2. The van der Waals surface area contributed by atoms with Gasteiger partial charge in [0, 0.05) is 6.42 Å². The third-order valence-electron chi connectivity index (χ3n) is 9.58. The molecule has 0 aromatic heterocycles. The third-order valence-corrected chi connectivity index (χ3v) is 9.58. The zero-order valence-electron chi connectivity index (χ0n) is 36.5. The van der Waals surface area contributed by atoms with Crippen molar-refractivity contribution in [2.75, 3.05) is 52.9 Å². The Morgan fingerprint density at radius 3 is 1.66 bits per heavy atom. The summed E-state index contributed by atoms with van der Waals surface area (Å²) in [5, 5.41) is 41.9. The third kappa shape index (κ3) is 35.3. The number of aliphatic hydroxyl groups excluding tert-OH is 5. The van der Waals surface area contributed by atoms with Gasteiger partial charge in [-0.2, -0.15) is 0 Å². The lowest BCUT2D eigenvalue weighted by Gasteiger charge is -2.23. The van der Waals surface area contributed by atoms with Gasteiger partial charge in [0.15, 0.2) is 0 Å². The molecule has 1 aliphatic rings. The van der Waals surface area contributed by atoms with E-state index in [-0.39, 0.29) is 101 Å². The normalized spacial score (nSPS) is 15.2. The molecule has 5 N–H and O–H groups in total. The van der Waals surface area contributed by atoms with Crippen LogP contribution in [-0.4, -0.2) is 108 Å². The van der Waals surface area contributed by atoms with Crippen molar-refractivity contribution in [1.29, 1.82) is 0 Å². The first-order chi connectivity index (χ1) is 28.6. The van der Waals surface area contributed by atoms with E-state index >= 15 is 0 Å². The number of allylic oxidation sites excluding steroid dienone is 4. The monoisotopic (exact) mass is 845 g/mol. The lowest BCUT2D eigenvalue weighted by Crippen LogP contribution is -2.29. The fourth-order valence-corrected chi connectivity index (χ4v) is 6.24. The van der Waals surface area contributed by atoms with Crippen molar-refractivity contribution in [3.8, 4) is 0 Å². The van der Waals surface area contributed by atoms with Crippen LogP contribution in [0.15, 0.2) is 24.3 Å². The summed E-state index contributed by atoms with van der Waals surface area (Å²) in [5.74, 6) is -3.25. The second kappa shape index (κ2) is 42.9. The number of hydrogen-bond donors (Lipinski definition) is 5. The minimum absolute atomic E-state index is 0.0297. The summed E-state index contributed by atoms with van der Waals surface area (Å²) in [6.45, 7) is 5.14. The van der Waals surface area contributed by atoms with E-state index in [1.165, 1.54) is 51.4 Å². The highest BCUT2D eigenvalue weighted by Crippen LogP contribution is 2.28. The van der Waals surface area contributed by atoms with Crippen molar-refractivity contribution in [1.82, 2.24) is 0 Å². The van der Waals surface area contributed by atoms with Crippen molar-refractivity contribution >= 4 is 29.8 Å². The van der Waals surface area contributed by atoms with Crippen LogP contribution < -0.4 is 0 Å². The van der Waals surface area contributed by atoms with Gasteiger partial charge in [0.1, 0.15) is 19.8 Å². The molecule has 0 spiro atoms. The van der Waals surface area contributed by atoms with E-state index in [1.807, 2.05) is 19.1 Å². The standard InChI is InChI=1S/C28H50O9.C15H24O3.C2H6O2/c1-2-3-4-5-6-8-11-14-24(15-12-9-7-10-13-16-26(32)35-20-17-29)25(28(34)37-22-19-31)23-27(33)36-21-18-30;1-3-4-5-6-7-8-9-10-12(2)13-11-14(16)18-15(13)17;3-1-2-4/h11,14,24-25,29-31H,2-10,12-13,15-23H2,1H3;9-10,12-13H,3-8,11H2,1-2H3;3-4H,1-2H2/b14-11-;10-9-;. The predicted octanol–water partition coefficient (Wildman–Crippen LogP) is 6.46. The van der Waals surface area contributed by atoms with Gasteiger partial charge < -0.3 is 44.5 Å². The zero-order chi connectivity index (χ0) is 44.4. The molecular weight excluding hydrogens is 764 g/mol. The van der Waals surface area contributed by atoms with Gasteiger partial charge in [0.05, 0.1) is 57.7 Å². The molecule has 4 unspecified atom stereocenters. The van der Waals surface area contributed by atoms with E-state index in [0.717, 1.165) is 57.8 Å². The smallest absolute Gasteiger partial charge is 0.317 e. The minimum atomic E-state index is -0.727. The summed E-state index contributed by atoms with van der Waals surface area (Å²) in [6, 6.07) is 0. The van der Waals surface area contributed by atoms with Crippen molar-refractivity contribution in [2.24, 2.45) is 23.7 Å². The lowest BCUT2D eigenvalue weighted by molar-refractivity contribution is -0.157. The van der Waals surface area contributed by atoms with Crippen molar-refractivity contribution < 1.29 is 68.5 Å². The number of rotatable bonds is 34. The molecule has 0 aliphatic carbocycles. The van der Waals surface area contributed by atoms with Crippen LogP contribution >= 0.6 is 0 Å². The van der Waals surface area contributed by atoms with Gasteiger partial charge in [-0.05, 0) is 50.4 Å². The lowest BCUT2D eigenvalue weighted by atomic mass is 9.84. The van der Waals surface area contributed by atoms with Crippen LogP contribution in [0.3, 0.4) is 0 Å². The number of hydrogen-bond acceptors (Lipinski definition) is 14. The number of carbonyl (C=O) groups excluding carboxylic acids is 5. The molecule has 1 fully saturated rings. The van der Waals surface area contributed by atoms with Gasteiger partial charge in [-0.1, -0.05) is 122 Å². The van der Waals surface area contributed by atoms with E-state index in [9.17, 15) is 24.0 Å². The van der Waals surface area contributed by atoms with E-state index in [2.05, 4.69) is 30.7 Å².